The number of hydrogen-bond acceptors (Lipinski definition) is 5. The summed E-state index contributed by atoms with van der Waals surface area (Å²) in [6.45, 7) is 4.23. The Morgan fingerprint density at radius 3 is 2.73 bits per heavy atom. The molecule has 1 saturated carbocycles. The molecule has 0 spiro atoms. The summed E-state index contributed by atoms with van der Waals surface area (Å²) in [5.41, 5.74) is 2.01. The Balaban J connectivity index is 1.86. The molecule has 3 rings (SSSR count). The number of benzene rings is 1. The van der Waals surface area contributed by atoms with Crippen molar-refractivity contribution in [1.29, 1.82) is 5.26 Å². The molecule has 1 aromatic rings. The maximum atomic E-state index is 12.5. The van der Waals surface area contributed by atoms with Crippen LogP contribution in [0.5, 0.6) is 5.75 Å². The fourth-order valence-corrected chi connectivity index (χ4v) is 3.96. The van der Waals surface area contributed by atoms with Crippen molar-refractivity contribution in [2.24, 2.45) is 5.41 Å². The molecular formula is C20H26N4O2. The van der Waals surface area contributed by atoms with Crippen LogP contribution in [0.4, 0.5) is 5.69 Å². The highest BCUT2D eigenvalue weighted by Crippen LogP contribution is 2.41. The van der Waals surface area contributed by atoms with Gasteiger partial charge in [-0.15, -0.1) is 0 Å². The molecule has 1 heterocycles. The molecule has 6 nitrogen and oxygen atoms in total. The Kier molecular flexibility index (Phi) is 5.08. The van der Waals surface area contributed by atoms with Crippen LogP contribution in [0.2, 0.25) is 0 Å². The van der Waals surface area contributed by atoms with Gasteiger partial charge < -0.3 is 20.7 Å². The molecule has 6 heteroatoms. The highest BCUT2D eigenvalue weighted by atomic mass is 16.5. The number of carbonyl (C=O) groups excluding carboxylic acids is 1. The van der Waals surface area contributed by atoms with Gasteiger partial charge >= 0.3 is 0 Å². The van der Waals surface area contributed by atoms with Crippen LogP contribution in [0.25, 0.3) is 0 Å². The molecule has 0 radical (unpaired) electrons. The van der Waals surface area contributed by atoms with E-state index in [0.29, 0.717) is 11.6 Å². The van der Waals surface area contributed by atoms with Gasteiger partial charge in [0, 0.05) is 0 Å². The van der Waals surface area contributed by atoms with E-state index in [0.717, 1.165) is 17.7 Å². The molecule has 3 N–H and O–H groups in total. The highest BCUT2D eigenvalue weighted by molar-refractivity contribution is 5.99. The Morgan fingerprint density at radius 1 is 1.35 bits per heavy atom. The van der Waals surface area contributed by atoms with Gasteiger partial charge in [0.25, 0.3) is 5.91 Å². The summed E-state index contributed by atoms with van der Waals surface area (Å²) >= 11 is 0. The van der Waals surface area contributed by atoms with E-state index in [1.165, 1.54) is 25.7 Å². The zero-order chi connectivity index (χ0) is 18.7. The lowest BCUT2D eigenvalue weighted by Crippen LogP contribution is -2.53. The molecule has 1 unspecified atom stereocenters. The number of hydrogen-bond donors (Lipinski definition) is 3. The number of anilines is 1. The zero-order valence-corrected chi connectivity index (χ0v) is 15.6. The lowest BCUT2D eigenvalue weighted by atomic mass is 9.83. The van der Waals surface area contributed by atoms with Gasteiger partial charge in [0.1, 0.15) is 23.8 Å². The van der Waals surface area contributed by atoms with E-state index >= 15 is 0 Å². The van der Waals surface area contributed by atoms with Gasteiger partial charge in [-0.05, 0) is 43.2 Å². The number of nitrogens with zero attached hydrogens (tertiary/aromatic N) is 1. The van der Waals surface area contributed by atoms with Gasteiger partial charge in [-0.25, -0.2) is 0 Å². The molecule has 0 saturated heterocycles. The van der Waals surface area contributed by atoms with Gasteiger partial charge in [-0.1, -0.05) is 31.9 Å². The monoisotopic (exact) mass is 354 g/mol. The van der Waals surface area contributed by atoms with E-state index in [2.05, 4.69) is 22.9 Å². The number of nitrogens with one attached hydrogen (secondary N) is 3. The molecule has 1 aliphatic heterocycles. The van der Waals surface area contributed by atoms with Crippen molar-refractivity contribution in [2.75, 3.05) is 12.4 Å². The molecule has 0 bridgehead atoms. The number of nitriles is 1. The number of para-hydroxylation sites is 1. The van der Waals surface area contributed by atoms with Crippen LogP contribution in [-0.4, -0.2) is 19.2 Å². The number of carbonyl (C=O) groups is 1. The molecule has 1 amide bonds. The Bertz CT molecular complexity index is 773. The number of amides is 1. The molecule has 1 fully saturated rings. The third-order valence-electron chi connectivity index (χ3n) is 5.42. The summed E-state index contributed by atoms with van der Waals surface area (Å²) in [5.74, 6) is 0.769. The fourth-order valence-electron chi connectivity index (χ4n) is 3.96. The van der Waals surface area contributed by atoms with Gasteiger partial charge in [-0.3, -0.25) is 4.79 Å². The van der Waals surface area contributed by atoms with Gasteiger partial charge in [0.05, 0.1) is 12.8 Å². The van der Waals surface area contributed by atoms with E-state index in [1.54, 1.807) is 7.11 Å². The maximum absolute atomic E-state index is 12.5. The quantitative estimate of drug-likeness (QED) is 0.756. The average Bonchev–Trinajstić information content (AvgIpc) is 3.02. The molecule has 1 aliphatic carbocycles. The number of aryl methyl sites for hydroxylation is 1. The molecule has 0 aromatic heterocycles. The van der Waals surface area contributed by atoms with E-state index in [9.17, 15) is 10.1 Å². The van der Waals surface area contributed by atoms with Crippen LogP contribution in [0.1, 0.15) is 44.6 Å². The van der Waals surface area contributed by atoms with Crippen LogP contribution in [0.15, 0.2) is 29.6 Å². The van der Waals surface area contributed by atoms with Crippen molar-refractivity contribution < 1.29 is 9.53 Å². The zero-order valence-electron chi connectivity index (χ0n) is 15.6. The first-order valence-electron chi connectivity index (χ1n) is 9.08. The summed E-state index contributed by atoms with van der Waals surface area (Å²) in [7, 11) is 1.60. The van der Waals surface area contributed by atoms with Gasteiger partial charge in [0.15, 0.2) is 5.57 Å². The van der Waals surface area contributed by atoms with Crippen LogP contribution >= 0.6 is 0 Å². The van der Waals surface area contributed by atoms with Gasteiger partial charge in [-0.2, -0.15) is 5.26 Å². The molecule has 138 valence electrons. The molecule has 2 aliphatic rings. The molecule has 26 heavy (non-hydrogen) atoms. The second kappa shape index (κ2) is 7.28. The first kappa shape index (κ1) is 18.1. The lowest BCUT2D eigenvalue weighted by molar-refractivity contribution is -0.118. The minimum Gasteiger partial charge on any atom is -0.495 e. The highest BCUT2D eigenvalue weighted by Gasteiger charge is 2.35. The minimum atomic E-state index is -0.340. The third kappa shape index (κ3) is 3.62. The molecular weight excluding hydrogens is 328 g/mol. The van der Waals surface area contributed by atoms with Crippen LogP contribution < -0.4 is 20.7 Å². The fraction of sp³-hybridized carbons (Fsp3) is 0.500. The Labute approximate surface area is 154 Å². The first-order chi connectivity index (χ1) is 12.5. The van der Waals surface area contributed by atoms with Crippen molar-refractivity contribution >= 4 is 11.6 Å². The predicted molar refractivity (Wildman–Crippen MR) is 100 cm³/mol. The summed E-state index contributed by atoms with van der Waals surface area (Å²) in [6, 6.07) is 7.72. The van der Waals surface area contributed by atoms with Crippen molar-refractivity contribution in [3.63, 3.8) is 0 Å². The molecule has 1 aromatic carbocycles. The van der Waals surface area contributed by atoms with Crippen LogP contribution in [-0.2, 0) is 4.79 Å². The topological polar surface area (TPSA) is 86.2 Å². The van der Waals surface area contributed by atoms with Crippen molar-refractivity contribution in [2.45, 2.75) is 52.1 Å². The number of ether oxygens (including phenoxy) is 1. The largest absolute Gasteiger partial charge is 0.495 e. The van der Waals surface area contributed by atoms with E-state index < -0.39 is 0 Å². The summed E-state index contributed by atoms with van der Waals surface area (Å²) in [6.07, 6.45) is 5.46. The summed E-state index contributed by atoms with van der Waals surface area (Å²) in [5, 5.41) is 18.9. The first-order valence-corrected chi connectivity index (χ1v) is 9.08. The smallest absolute Gasteiger partial charge is 0.267 e. The van der Waals surface area contributed by atoms with E-state index in [4.69, 9.17) is 4.74 Å². The third-order valence-corrected chi connectivity index (χ3v) is 5.42. The Morgan fingerprint density at radius 2 is 2.08 bits per heavy atom. The van der Waals surface area contributed by atoms with Crippen molar-refractivity contribution in [1.82, 2.24) is 10.6 Å². The van der Waals surface area contributed by atoms with Crippen molar-refractivity contribution in [3.8, 4) is 11.8 Å². The van der Waals surface area contributed by atoms with Crippen LogP contribution in [0.3, 0.4) is 0 Å². The normalized spacial score (nSPS) is 21.6. The number of methoxy groups -OCH3 is 1. The van der Waals surface area contributed by atoms with Crippen molar-refractivity contribution in [3.05, 3.63) is 35.2 Å². The standard InChI is InChI=1S/C20H26N4O2/c1-13-7-6-8-15(26-3)17(13)24-18-14(12-21)19(25)23-16(22-18)11-20(2)9-4-5-10-20/h6-8,16,22,24H,4-5,9-11H2,1-3H3,(H,23,25). The maximum Gasteiger partial charge on any atom is 0.267 e. The average molecular weight is 354 g/mol. The summed E-state index contributed by atoms with van der Waals surface area (Å²) in [4.78, 5) is 12.5. The predicted octanol–water partition coefficient (Wildman–Crippen LogP) is 3.17. The molecule has 1 atom stereocenters. The summed E-state index contributed by atoms with van der Waals surface area (Å²) < 4.78 is 5.42. The Hall–Kier alpha value is -2.68. The second-order valence-corrected chi connectivity index (χ2v) is 7.53. The SMILES string of the molecule is COc1cccc(C)c1NC1=C(C#N)C(=O)NC(CC2(C)CCCC2)N1. The van der Waals surface area contributed by atoms with E-state index in [-0.39, 0.29) is 23.1 Å². The van der Waals surface area contributed by atoms with Gasteiger partial charge in [0.2, 0.25) is 0 Å². The second-order valence-electron chi connectivity index (χ2n) is 7.53. The minimum absolute atomic E-state index is 0.0585. The number of rotatable bonds is 5. The van der Waals surface area contributed by atoms with Crippen LogP contribution in [0, 0.1) is 23.7 Å². The van der Waals surface area contributed by atoms with E-state index in [1.807, 2.05) is 31.2 Å². The lowest BCUT2D eigenvalue weighted by Gasteiger charge is -2.34.